The molecule has 1 aliphatic heterocycles. The maximum absolute atomic E-state index is 13.9. The average molecular weight is 462 g/mol. The van der Waals surface area contributed by atoms with Crippen LogP contribution in [0.15, 0.2) is 52.3 Å². The van der Waals surface area contributed by atoms with Crippen molar-refractivity contribution in [1.29, 1.82) is 5.26 Å². The van der Waals surface area contributed by atoms with E-state index >= 15 is 0 Å². The Morgan fingerprint density at radius 2 is 1.79 bits per heavy atom. The fourth-order valence-corrected chi connectivity index (χ4v) is 4.80. The molecule has 1 aliphatic carbocycles. The van der Waals surface area contributed by atoms with E-state index in [1.165, 1.54) is 41.4 Å². The van der Waals surface area contributed by atoms with E-state index < -0.39 is 11.2 Å². The molecule has 2 aromatic heterocycles. The van der Waals surface area contributed by atoms with Crippen LogP contribution in [0.2, 0.25) is 5.02 Å². The summed E-state index contributed by atoms with van der Waals surface area (Å²) in [5.41, 5.74) is 2.28. The summed E-state index contributed by atoms with van der Waals surface area (Å²) in [6.07, 6.45) is 8.32. The average Bonchev–Trinajstić information content (AvgIpc) is 3.67. The Bertz CT molecular complexity index is 1340. The van der Waals surface area contributed by atoms with Gasteiger partial charge in [0.1, 0.15) is 12.2 Å². The smallest absolute Gasteiger partial charge is 0.337 e. The van der Waals surface area contributed by atoms with Crippen molar-refractivity contribution in [3.63, 3.8) is 0 Å². The number of halogens is 1. The van der Waals surface area contributed by atoms with Crippen molar-refractivity contribution in [2.75, 3.05) is 18.0 Å². The summed E-state index contributed by atoms with van der Waals surface area (Å²) in [5.74, 6) is 0.602. The summed E-state index contributed by atoms with van der Waals surface area (Å²) in [4.78, 5) is 33.6. The van der Waals surface area contributed by atoms with E-state index in [0.717, 1.165) is 42.5 Å². The molecule has 3 heterocycles. The zero-order valence-electron chi connectivity index (χ0n) is 18.2. The fraction of sp³-hybridized carbons (Fsp3) is 0.360. The zero-order chi connectivity index (χ0) is 22.9. The van der Waals surface area contributed by atoms with E-state index in [0.29, 0.717) is 22.3 Å². The van der Waals surface area contributed by atoms with Crippen LogP contribution in [0, 0.1) is 11.3 Å². The highest BCUT2D eigenvalue weighted by Gasteiger charge is 2.28. The molecule has 2 fully saturated rings. The molecule has 3 aromatic rings. The first kappa shape index (κ1) is 21.5. The lowest BCUT2D eigenvalue weighted by molar-refractivity contribution is 0.570. The Morgan fingerprint density at radius 1 is 1.06 bits per heavy atom. The number of pyridine rings is 1. The van der Waals surface area contributed by atoms with Gasteiger partial charge in [-0.25, -0.2) is 9.36 Å². The predicted octanol–water partition coefficient (Wildman–Crippen LogP) is 4.11. The van der Waals surface area contributed by atoms with E-state index in [1.807, 2.05) is 12.1 Å². The maximum atomic E-state index is 13.9. The van der Waals surface area contributed by atoms with Gasteiger partial charge in [-0.15, -0.1) is 0 Å². The first-order valence-corrected chi connectivity index (χ1v) is 11.7. The van der Waals surface area contributed by atoms with Gasteiger partial charge >= 0.3 is 5.69 Å². The Hall–Kier alpha value is -3.37. The lowest BCUT2D eigenvalue weighted by Gasteiger charge is -2.31. The molecule has 0 N–H and O–H groups in total. The van der Waals surface area contributed by atoms with Crippen LogP contribution in [0.3, 0.4) is 0 Å². The number of nitriles is 1. The first-order valence-electron chi connectivity index (χ1n) is 11.3. The zero-order valence-corrected chi connectivity index (χ0v) is 19.0. The van der Waals surface area contributed by atoms with Crippen LogP contribution in [0.4, 0.5) is 5.69 Å². The van der Waals surface area contributed by atoms with Crippen LogP contribution in [0.25, 0.3) is 16.9 Å². The van der Waals surface area contributed by atoms with Gasteiger partial charge in [-0.2, -0.15) is 5.26 Å². The standard InChI is InChI=1S/C25H24ClN5O2/c26-20-14-21(16-28-15-20)31-24(32)23(29-11-2-1-3-12-29)22(30(13-10-27)25(31)33)19-8-6-18(7-9-19)17-4-5-17/h6-9,14-17H,1-5,11-13H2. The van der Waals surface area contributed by atoms with Gasteiger partial charge < -0.3 is 4.90 Å². The highest BCUT2D eigenvalue weighted by Crippen LogP contribution is 2.41. The monoisotopic (exact) mass is 461 g/mol. The van der Waals surface area contributed by atoms with Crippen molar-refractivity contribution >= 4 is 17.3 Å². The third-order valence-corrected chi connectivity index (χ3v) is 6.61. The molecular formula is C25H24ClN5O2. The number of hydrogen-bond acceptors (Lipinski definition) is 5. The third kappa shape index (κ3) is 4.07. The largest absolute Gasteiger partial charge is 0.365 e. The molecule has 8 heteroatoms. The highest BCUT2D eigenvalue weighted by molar-refractivity contribution is 6.30. The first-order chi connectivity index (χ1) is 16.1. The molecule has 0 atom stereocenters. The van der Waals surface area contributed by atoms with Gasteiger partial charge in [-0.1, -0.05) is 35.9 Å². The van der Waals surface area contributed by atoms with Gasteiger partial charge in [0, 0.05) is 24.8 Å². The molecule has 0 unspecified atom stereocenters. The SMILES string of the molecule is N#CCn1c(-c2ccc(C3CC3)cc2)c(N2CCCCC2)c(=O)n(-c2cncc(Cl)c2)c1=O. The number of hydrogen-bond donors (Lipinski definition) is 0. The number of piperidine rings is 1. The summed E-state index contributed by atoms with van der Waals surface area (Å²) in [6.45, 7) is 1.27. The van der Waals surface area contributed by atoms with Crippen LogP contribution < -0.4 is 16.1 Å². The lowest BCUT2D eigenvalue weighted by Crippen LogP contribution is -2.45. The molecule has 0 amide bonds. The van der Waals surface area contributed by atoms with Gasteiger partial charge in [0.2, 0.25) is 0 Å². The molecule has 0 bridgehead atoms. The molecule has 1 saturated carbocycles. The molecule has 168 valence electrons. The van der Waals surface area contributed by atoms with Crippen molar-refractivity contribution in [3.8, 4) is 23.0 Å². The summed E-state index contributed by atoms with van der Waals surface area (Å²) in [5, 5.41) is 9.90. The Balaban J connectivity index is 1.80. The second-order valence-electron chi connectivity index (χ2n) is 8.67. The van der Waals surface area contributed by atoms with Crippen molar-refractivity contribution in [3.05, 3.63) is 74.1 Å². The second-order valence-corrected chi connectivity index (χ2v) is 9.11. The molecule has 0 spiro atoms. The van der Waals surface area contributed by atoms with Crippen LogP contribution in [0.1, 0.15) is 43.6 Å². The molecule has 33 heavy (non-hydrogen) atoms. The summed E-state index contributed by atoms with van der Waals surface area (Å²) < 4.78 is 2.49. The fourth-order valence-electron chi connectivity index (χ4n) is 4.63. The summed E-state index contributed by atoms with van der Waals surface area (Å²) in [6, 6.07) is 11.7. The molecule has 7 nitrogen and oxygen atoms in total. The van der Waals surface area contributed by atoms with Gasteiger partial charge in [-0.3, -0.25) is 14.3 Å². The van der Waals surface area contributed by atoms with Crippen LogP contribution in [0.5, 0.6) is 0 Å². The summed E-state index contributed by atoms with van der Waals surface area (Å²) in [7, 11) is 0. The number of rotatable bonds is 5. The minimum atomic E-state index is -0.576. The minimum Gasteiger partial charge on any atom is -0.365 e. The molecule has 0 radical (unpaired) electrons. The molecule has 1 aromatic carbocycles. The Labute approximate surface area is 196 Å². The lowest BCUT2D eigenvalue weighted by atomic mass is 10.0. The van der Waals surface area contributed by atoms with Crippen LogP contribution in [-0.2, 0) is 6.54 Å². The topological polar surface area (TPSA) is 83.9 Å². The highest BCUT2D eigenvalue weighted by atomic mass is 35.5. The van der Waals surface area contributed by atoms with E-state index in [2.05, 4.69) is 28.1 Å². The van der Waals surface area contributed by atoms with Gasteiger partial charge in [0.15, 0.2) is 0 Å². The minimum absolute atomic E-state index is 0.173. The van der Waals surface area contributed by atoms with Gasteiger partial charge in [-0.05, 0) is 49.7 Å². The normalized spacial score (nSPS) is 15.9. The molecule has 1 saturated heterocycles. The van der Waals surface area contributed by atoms with Gasteiger partial charge in [0.25, 0.3) is 5.56 Å². The number of benzene rings is 1. The van der Waals surface area contributed by atoms with E-state index in [9.17, 15) is 14.9 Å². The van der Waals surface area contributed by atoms with Crippen molar-refractivity contribution in [1.82, 2.24) is 14.1 Å². The Kier molecular flexibility index (Phi) is 5.77. The maximum Gasteiger partial charge on any atom is 0.337 e. The van der Waals surface area contributed by atoms with Crippen LogP contribution >= 0.6 is 11.6 Å². The number of aromatic nitrogens is 3. The van der Waals surface area contributed by atoms with E-state index in [4.69, 9.17) is 11.6 Å². The Morgan fingerprint density at radius 3 is 2.42 bits per heavy atom. The quantitative estimate of drug-likeness (QED) is 0.571. The predicted molar refractivity (Wildman–Crippen MR) is 128 cm³/mol. The van der Waals surface area contributed by atoms with E-state index in [-0.39, 0.29) is 12.2 Å². The number of nitrogens with zero attached hydrogens (tertiary/aromatic N) is 5. The molecular weight excluding hydrogens is 438 g/mol. The number of anilines is 1. The van der Waals surface area contributed by atoms with Gasteiger partial charge in [0.05, 0.1) is 28.7 Å². The molecule has 5 rings (SSSR count). The van der Waals surface area contributed by atoms with E-state index in [1.54, 1.807) is 0 Å². The second kappa shape index (κ2) is 8.87. The van der Waals surface area contributed by atoms with Crippen LogP contribution in [-0.4, -0.2) is 27.2 Å². The van der Waals surface area contributed by atoms with Crippen molar-refractivity contribution in [2.24, 2.45) is 0 Å². The van der Waals surface area contributed by atoms with Crippen molar-refractivity contribution < 1.29 is 0 Å². The summed E-state index contributed by atoms with van der Waals surface area (Å²) >= 11 is 6.11. The third-order valence-electron chi connectivity index (χ3n) is 6.40. The molecule has 2 aliphatic rings. The van der Waals surface area contributed by atoms with Crippen molar-refractivity contribution in [2.45, 2.75) is 44.6 Å².